The average Bonchev–Trinajstić information content (AvgIpc) is 3.18. The van der Waals surface area contributed by atoms with Crippen LogP contribution in [-0.2, 0) is 22.4 Å². The van der Waals surface area contributed by atoms with Crippen LogP contribution in [0.15, 0.2) is 66.7 Å². The van der Waals surface area contributed by atoms with Gasteiger partial charge in [0.25, 0.3) is 0 Å². The Morgan fingerprint density at radius 1 is 0.882 bits per heavy atom. The van der Waals surface area contributed by atoms with Crippen LogP contribution in [0.4, 0.5) is 30.2 Å². The fourth-order valence-corrected chi connectivity index (χ4v) is 5.88. The Hall–Kier alpha value is -4.20. The van der Waals surface area contributed by atoms with E-state index in [9.17, 15) is 23.2 Å². The Labute approximate surface area is 300 Å². The van der Waals surface area contributed by atoms with Crippen molar-refractivity contribution >= 4 is 23.0 Å². The number of methoxy groups -OCH3 is 1. The van der Waals surface area contributed by atoms with E-state index in [0.717, 1.165) is 69.1 Å². The number of hydrogen-bond acceptors (Lipinski definition) is 9. The average molecular weight is 718 g/mol. The van der Waals surface area contributed by atoms with Gasteiger partial charge in [-0.15, -0.1) is 5.23 Å². The van der Waals surface area contributed by atoms with Crippen molar-refractivity contribution in [2.75, 3.05) is 75.5 Å². The first-order valence-corrected chi connectivity index (χ1v) is 17.7. The molecule has 0 aliphatic carbocycles. The highest BCUT2D eigenvalue weighted by molar-refractivity contribution is 5.76. The van der Waals surface area contributed by atoms with Crippen LogP contribution >= 0.6 is 0 Å². The largest absolute Gasteiger partial charge is 0.494 e. The summed E-state index contributed by atoms with van der Waals surface area (Å²) in [6.07, 6.45) is -2.16. The summed E-state index contributed by atoms with van der Waals surface area (Å²) in [5.41, 5.74) is 2.36. The lowest BCUT2D eigenvalue weighted by atomic mass is 10.0. The van der Waals surface area contributed by atoms with Crippen LogP contribution in [0.5, 0.6) is 11.5 Å². The highest BCUT2D eigenvalue weighted by atomic mass is 19.4. The molecule has 5 rings (SSSR count). The van der Waals surface area contributed by atoms with Crippen LogP contribution in [0, 0.1) is 0 Å². The summed E-state index contributed by atoms with van der Waals surface area (Å²) in [7, 11) is 2.90. The van der Waals surface area contributed by atoms with Crippen molar-refractivity contribution in [1.82, 2.24) is 9.80 Å². The molecule has 0 atom stereocenters. The van der Waals surface area contributed by atoms with Crippen LogP contribution in [0.25, 0.3) is 0 Å². The summed E-state index contributed by atoms with van der Waals surface area (Å²) in [4.78, 5) is 24.4. The minimum atomic E-state index is -4.35. The summed E-state index contributed by atoms with van der Waals surface area (Å²) >= 11 is 0. The van der Waals surface area contributed by atoms with E-state index in [0.29, 0.717) is 47.5 Å². The van der Waals surface area contributed by atoms with Crippen molar-refractivity contribution in [3.63, 3.8) is 0 Å². The number of nitrogens with zero attached hydrogens (tertiary/aromatic N) is 4. The van der Waals surface area contributed by atoms with E-state index in [1.165, 1.54) is 26.4 Å². The molecule has 3 aromatic carbocycles. The van der Waals surface area contributed by atoms with Crippen molar-refractivity contribution in [2.45, 2.75) is 65.8 Å². The molecule has 51 heavy (non-hydrogen) atoms. The van der Waals surface area contributed by atoms with Crippen molar-refractivity contribution in [3.8, 4) is 11.5 Å². The quantitative estimate of drug-likeness (QED) is 0.183. The fourth-order valence-electron chi connectivity index (χ4n) is 5.88. The topological polar surface area (TPSA) is 90.0 Å². The standard InChI is InChI=1S/C34H42F3N5O5.2C2H6/c1-45-32-23-28(7-12-31(32)42(44)46-2)38-27-13-17-41(18-14-27)33(43)15-16-39-19-21-40(22-20-39)29-8-10-30(11-9-29)47-24-25-3-5-26(6-4-25)34(35,36)37;2*1-2/h3-12,23,27,38,44H,13-22,24H2,1-2H3;2*1-2H3. The molecule has 2 saturated heterocycles. The number of piperazine rings is 1. The van der Waals surface area contributed by atoms with Gasteiger partial charge in [0.2, 0.25) is 5.91 Å². The van der Waals surface area contributed by atoms with Gasteiger partial charge in [-0.05, 0) is 66.9 Å². The van der Waals surface area contributed by atoms with Crippen LogP contribution in [-0.4, -0.2) is 87.0 Å². The Balaban J connectivity index is 0.00000169. The second kappa shape index (κ2) is 20.6. The number of nitrogens with one attached hydrogen (secondary N) is 1. The number of halogens is 3. The third kappa shape index (κ3) is 12.2. The second-order valence-corrected chi connectivity index (χ2v) is 11.7. The molecule has 0 radical (unpaired) electrons. The molecule has 282 valence electrons. The monoisotopic (exact) mass is 717 g/mol. The zero-order valence-electron chi connectivity index (χ0n) is 30.7. The Kier molecular flexibility index (Phi) is 16.7. The van der Waals surface area contributed by atoms with Gasteiger partial charge in [-0.1, -0.05) is 39.8 Å². The number of amides is 1. The van der Waals surface area contributed by atoms with Crippen LogP contribution < -0.4 is 24.9 Å². The number of carbonyl (C=O) groups is 1. The molecule has 2 heterocycles. The predicted octanol–water partition coefficient (Wildman–Crippen LogP) is 7.72. The normalized spacial score (nSPS) is 15.2. The molecule has 0 spiro atoms. The van der Waals surface area contributed by atoms with Gasteiger partial charge >= 0.3 is 6.18 Å². The molecule has 13 heteroatoms. The first-order valence-electron chi connectivity index (χ1n) is 17.7. The van der Waals surface area contributed by atoms with E-state index >= 15 is 0 Å². The van der Waals surface area contributed by atoms with Crippen LogP contribution in [0.3, 0.4) is 0 Å². The van der Waals surface area contributed by atoms with E-state index in [4.69, 9.17) is 14.3 Å². The minimum absolute atomic E-state index is 0.186. The SMILES string of the molecule is CC.CC.COc1cc(NC2CCN(C(=O)CCN3CCN(c4ccc(OCc5ccc(C(F)(F)F)cc5)cc4)CC3)CC2)ccc1N(O)OC. The van der Waals surface area contributed by atoms with Crippen LogP contribution in [0.2, 0.25) is 0 Å². The summed E-state index contributed by atoms with van der Waals surface area (Å²) in [5, 5.41) is 14.0. The molecule has 0 saturated carbocycles. The molecule has 0 unspecified atom stereocenters. The first-order chi connectivity index (χ1) is 24.6. The van der Waals surface area contributed by atoms with Gasteiger partial charge < -0.3 is 24.6 Å². The molecule has 0 bridgehead atoms. The predicted molar refractivity (Wildman–Crippen MR) is 196 cm³/mol. The lowest BCUT2D eigenvalue weighted by Crippen LogP contribution is -2.48. The molecular formula is C38H54F3N5O5. The zero-order valence-corrected chi connectivity index (χ0v) is 30.7. The Morgan fingerprint density at radius 3 is 2.08 bits per heavy atom. The maximum absolute atomic E-state index is 13.0. The van der Waals surface area contributed by atoms with Gasteiger partial charge in [0.05, 0.1) is 19.8 Å². The molecule has 10 nitrogen and oxygen atoms in total. The number of hydrogen-bond donors (Lipinski definition) is 2. The van der Waals surface area contributed by atoms with Gasteiger partial charge in [0, 0.05) is 75.7 Å². The van der Waals surface area contributed by atoms with E-state index in [1.54, 1.807) is 6.07 Å². The van der Waals surface area contributed by atoms with Crippen molar-refractivity contribution < 1.29 is 37.5 Å². The number of alkyl halides is 3. The highest BCUT2D eigenvalue weighted by Crippen LogP contribution is 2.32. The smallest absolute Gasteiger partial charge is 0.416 e. The number of ether oxygens (including phenoxy) is 2. The van der Waals surface area contributed by atoms with Gasteiger partial charge in [-0.2, -0.15) is 13.2 Å². The van der Waals surface area contributed by atoms with E-state index in [-0.39, 0.29) is 18.6 Å². The fraction of sp³-hybridized carbons (Fsp3) is 0.500. The third-order valence-electron chi connectivity index (χ3n) is 8.68. The molecule has 2 N–H and O–H groups in total. The Morgan fingerprint density at radius 2 is 1.51 bits per heavy atom. The molecule has 1 amide bonds. The van der Waals surface area contributed by atoms with Gasteiger partial charge in [0.1, 0.15) is 23.8 Å². The minimum Gasteiger partial charge on any atom is -0.494 e. The lowest BCUT2D eigenvalue weighted by molar-refractivity contribution is -0.137. The molecular weight excluding hydrogens is 663 g/mol. The highest BCUT2D eigenvalue weighted by Gasteiger charge is 2.30. The molecule has 2 fully saturated rings. The molecule has 2 aliphatic heterocycles. The number of piperidine rings is 1. The maximum atomic E-state index is 13.0. The summed E-state index contributed by atoms with van der Waals surface area (Å²) < 4.78 is 49.5. The molecule has 3 aromatic rings. The first kappa shape index (κ1) is 41.2. The molecule has 2 aliphatic rings. The van der Waals surface area contributed by atoms with E-state index in [1.807, 2.05) is 69.0 Å². The summed E-state index contributed by atoms with van der Waals surface area (Å²) in [6.45, 7) is 13.8. The number of rotatable bonds is 12. The van der Waals surface area contributed by atoms with Gasteiger partial charge in [0.15, 0.2) is 0 Å². The van der Waals surface area contributed by atoms with Gasteiger partial charge in [-0.25, -0.2) is 0 Å². The summed E-state index contributed by atoms with van der Waals surface area (Å²) in [6, 6.07) is 18.4. The number of likely N-dealkylation sites (tertiary alicyclic amines) is 1. The van der Waals surface area contributed by atoms with E-state index < -0.39 is 11.7 Å². The second-order valence-electron chi connectivity index (χ2n) is 11.7. The summed E-state index contributed by atoms with van der Waals surface area (Å²) in [5.74, 6) is 1.32. The number of benzene rings is 3. The van der Waals surface area contributed by atoms with Gasteiger partial charge in [-0.3, -0.25) is 19.7 Å². The van der Waals surface area contributed by atoms with E-state index in [2.05, 4.69) is 15.1 Å². The Bertz CT molecular complexity index is 1440. The maximum Gasteiger partial charge on any atom is 0.416 e. The zero-order chi connectivity index (χ0) is 37.4. The number of carbonyl (C=O) groups excluding carboxylic acids is 1. The third-order valence-corrected chi connectivity index (χ3v) is 8.68. The van der Waals surface area contributed by atoms with Crippen LogP contribution in [0.1, 0.15) is 58.1 Å². The van der Waals surface area contributed by atoms with Crippen molar-refractivity contribution in [3.05, 3.63) is 77.9 Å². The number of anilines is 3. The lowest BCUT2D eigenvalue weighted by Gasteiger charge is -2.37. The molecule has 0 aromatic heterocycles. The van der Waals surface area contributed by atoms with Crippen molar-refractivity contribution in [2.24, 2.45) is 0 Å². The van der Waals surface area contributed by atoms with Crippen molar-refractivity contribution in [1.29, 1.82) is 0 Å².